The second-order valence-corrected chi connectivity index (χ2v) is 7.09. The van der Waals surface area contributed by atoms with Gasteiger partial charge in [0.2, 0.25) is 0 Å². The van der Waals surface area contributed by atoms with Gasteiger partial charge in [-0.25, -0.2) is 4.79 Å². The molecule has 1 aliphatic heterocycles. The van der Waals surface area contributed by atoms with Gasteiger partial charge in [-0.05, 0) is 49.2 Å². The number of nitro benzene ring substituents is 1. The molecular weight excluding hydrogens is 428 g/mol. The van der Waals surface area contributed by atoms with Crippen LogP contribution < -0.4 is 15.1 Å². The number of hydroxylamine groups is 1. The predicted octanol–water partition coefficient (Wildman–Crippen LogP) is 4.08. The van der Waals surface area contributed by atoms with Gasteiger partial charge in [0.1, 0.15) is 11.4 Å². The van der Waals surface area contributed by atoms with Gasteiger partial charge in [0, 0.05) is 24.7 Å². The summed E-state index contributed by atoms with van der Waals surface area (Å²) < 4.78 is 28.5. The molecule has 1 heterocycles. The van der Waals surface area contributed by atoms with E-state index >= 15 is 0 Å². The van der Waals surface area contributed by atoms with Gasteiger partial charge in [-0.3, -0.25) is 14.9 Å². The molecule has 0 atom stereocenters. The Bertz CT molecular complexity index is 976. The minimum Gasteiger partial charge on any atom is -0.435 e. The topological polar surface area (TPSA) is 111 Å². The number of carbonyl (C=O) groups is 2. The van der Waals surface area contributed by atoms with Crippen LogP contribution in [-0.2, 0) is 4.84 Å². The number of nitro groups is 1. The number of carbonyl (C=O) groups excluding carboxylic acids is 2. The largest absolute Gasteiger partial charge is 0.435 e. The fourth-order valence-electron chi connectivity index (χ4n) is 3.37. The summed E-state index contributed by atoms with van der Waals surface area (Å²) in [5.74, 6) is -1.93. The fraction of sp³-hybridized carbons (Fsp3) is 0.333. The minimum absolute atomic E-state index is 0.0295. The Morgan fingerprint density at radius 3 is 2.22 bits per heavy atom. The molecule has 1 saturated heterocycles. The van der Waals surface area contributed by atoms with E-state index in [1.54, 1.807) is 0 Å². The van der Waals surface area contributed by atoms with E-state index in [-0.39, 0.29) is 22.6 Å². The van der Waals surface area contributed by atoms with E-state index in [0.29, 0.717) is 18.8 Å². The number of nitrogens with one attached hydrogen (secondary N) is 1. The van der Waals surface area contributed by atoms with Crippen molar-refractivity contribution in [3.8, 4) is 5.75 Å². The first-order valence-corrected chi connectivity index (χ1v) is 9.95. The number of hydrogen-bond donors (Lipinski definition) is 1. The SMILES string of the molecule is O=C(NOC(=O)c1ccc(N2CCCCCC2)c([N+](=O)[O-])c1)c1ccc(OC(F)F)cc1. The lowest BCUT2D eigenvalue weighted by Crippen LogP contribution is -2.27. The number of rotatable bonds is 6. The molecule has 11 heteroatoms. The predicted molar refractivity (Wildman–Crippen MR) is 110 cm³/mol. The van der Waals surface area contributed by atoms with Crippen molar-refractivity contribution >= 4 is 23.3 Å². The Morgan fingerprint density at radius 2 is 1.62 bits per heavy atom. The first-order chi connectivity index (χ1) is 15.3. The number of nitrogens with zero attached hydrogens (tertiary/aromatic N) is 2. The van der Waals surface area contributed by atoms with E-state index in [1.807, 2.05) is 10.4 Å². The van der Waals surface area contributed by atoms with Crippen LogP contribution in [0.2, 0.25) is 0 Å². The molecule has 2 aromatic carbocycles. The molecule has 0 radical (unpaired) electrons. The maximum atomic E-state index is 12.3. The summed E-state index contributed by atoms with van der Waals surface area (Å²) in [5, 5.41) is 11.6. The van der Waals surface area contributed by atoms with Crippen molar-refractivity contribution in [3.63, 3.8) is 0 Å². The Balaban J connectivity index is 1.66. The van der Waals surface area contributed by atoms with E-state index in [9.17, 15) is 28.5 Å². The van der Waals surface area contributed by atoms with E-state index in [0.717, 1.165) is 43.9 Å². The first-order valence-electron chi connectivity index (χ1n) is 9.95. The number of ether oxygens (including phenoxy) is 1. The maximum Gasteiger partial charge on any atom is 0.387 e. The smallest absolute Gasteiger partial charge is 0.387 e. The fourth-order valence-corrected chi connectivity index (χ4v) is 3.37. The van der Waals surface area contributed by atoms with Crippen molar-refractivity contribution < 1.29 is 32.9 Å². The standard InChI is InChI=1S/C21H21F2N3O6/c22-21(23)31-16-8-5-14(6-9-16)19(27)24-32-20(28)15-7-10-17(18(13-15)26(29)30)25-11-3-1-2-4-12-25/h5-10,13,21H,1-4,11-12H2,(H,24,27). The van der Waals surface area contributed by atoms with Crippen molar-refractivity contribution in [2.75, 3.05) is 18.0 Å². The van der Waals surface area contributed by atoms with E-state index in [1.165, 1.54) is 24.3 Å². The van der Waals surface area contributed by atoms with Crippen molar-refractivity contribution in [2.45, 2.75) is 32.3 Å². The highest BCUT2D eigenvalue weighted by molar-refractivity contribution is 5.96. The lowest BCUT2D eigenvalue weighted by Gasteiger charge is -2.22. The van der Waals surface area contributed by atoms with Crippen LogP contribution in [0.1, 0.15) is 46.4 Å². The zero-order valence-corrected chi connectivity index (χ0v) is 17.0. The molecule has 32 heavy (non-hydrogen) atoms. The van der Waals surface area contributed by atoms with Gasteiger partial charge < -0.3 is 14.5 Å². The summed E-state index contributed by atoms with van der Waals surface area (Å²) in [6.45, 7) is -1.60. The molecule has 0 aromatic heterocycles. The summed E-state index contributed by atoms with van der Waals surface area (Å²) in [5.41, 5.74) is 2.08. The molecule has 0 unspecified atom stereocenters. The first kappa shape index (κ1) is 22.9. The number of alkyl halides is 2. The number of benzene rings is 2. The molecule has 3 rings (SSSR count). The second kappa shape index (κ2) is 10.5. The molecule has 1 fully saturated rings. The summed E-state index contributed by atoms with van der Waals surface area (Å²) in [6.07, 6.45) is 4.00. The zero-order valence-electron chi connectivity index (χ0n) is 17.0. The van der Waals surface area contributed by atoms with Gasteiger partial charge in [-0.1, -0.05) is 12.8 Å². The quantitative estimate of drug-likeness (QED) is 0.523. The summed E-state index contributed by atoms with van der Waals surface area (Å²) in [6, 6.07) is 8.76. The van der Waals surface area contributed by atoms with Gasteiger partial charge >= 0.3 is 12.6 Å². The average Bonchev–Trinajstić information content (AvgIpc) is 3.06. The van der Waals surface area contributed by atoms with E-state index in [4.69, 9.17) is 4.84 Å². The van der Waals surface area contributed by atoms with Crippen LogP contribution in [0.25, 0.3) is 0 Å². The molecule has 0 saturated carbocycles. The highest BCUT2D eigenvalue weighted by atomic mass is 19.3. The van der Waals surface area contributed by atoms with E-state index in [2.05, 4.69) is 4.74 Å². The lowest BCUT2D eigenvalue weighted by atomic mass is 10.1. The van der Waals surface area contributed by atoms with Gasteiger partial charge in [0.15, 0.2) is 0 Å². The minimum atomic E-state index is -2.99. The summed E-state index contributed by atoms with van der Waals surface area (Å²) in [4.78, 5) is 42.1. The molecule has 0 aliphatic carbocycles. The molecule has 1 N–H and O–H groups in total. The summed E-state index contributed by atoms with van der Waals surface area (Å²) in [7, 11) is 0. The number of anilines is 1. The third-order valence-electron chi connectivity index (χ3n) is 4.93. The third kappa shape index (κ3) is 5.90. The molecule has 0 spiro atoms. The Kier molecular flexibility index (Phi) is 7.53. The zero-order chi connectivity index (χ0) is 23.1. The van der Waals surface area contributed by atoms with Gasteiger partial charge in [-0.15, -0.1) is 0 Å². The number of halogens is 2. The second-order valence-electron chi connectivity index (χ2n) is 7.09. The van der Waals surface area contributed by atoms with Crippen LogP contribution in [0.3, 0.4) is 0 Å². The molecule has 1 amide bonds. The normalized spacial score (nSPS) is 13.9. The lowest BCUT2D eigenvalue weighted by molar-refractivity contribution is -0.384. The average molecular weight is 449 g/mol. The molecule has 170 valence electrons. The highest BCUT2D eigenvalue weighted by Crippen LogP contribution is 2.31. The Labute approximate surface area is 182 Å². The Hall–Kier alpha value is -3.76. The van der Waals surface area contributed by atoms with Crippen molar-refractivity contribution in [2.24, 2.45) is 0 Å². The monoisotopic (exact) mass is 449 g/mol. The molecule has 0 bridgehead atoms. The molecule has 1 aliphatic rings. The van der Waals surface area contributed by atoms with Gasteiger partial charge in [0.25, 0.3) is 11.6 Å². The van der Waals surface area contributed by atoms with Crippen molar-refractivity contribution in [1.82, 2.24) is 5.48 Å². The van der Waals surface area contributed by atoms with Gasteiger partial charge in [0.05, 0.1) is 10.5 Å². The molecular formula is C21H21F2N3O6. The Morgan fingerprint density at radius 1 is 1.00 bits per heavy atom. The number of amides is 1. The van der Waals surface area contributed by atoms with Crippen LogP contribution in [0, 0.1) is 10.1 Å². The van der Waals surface area contributed by atoms with Gasteiger partial charge in [-0.2, -0.15) is 14.3 Å². The van der Waals surface area contributed by atoms with Crippen LogP contribution in [0.5, 0.6) is 5.75 Å². The van der Waals surface area contributed by atoms with Crippen LogP contribution in [0.15, 0.2) is 42.5 Å². The van der Waals surface area contributed by atoms with Crippen LogP contribution >= 0.6 is 0 Å². The van der Waals surface area contributed by atoms with Crippen molar-refractivity contribution in [3.05, 3.63) is 63.7 Å². The maximum absolute atomic E-state index is 12.3. The highest BCUT2D eigenvalue weighted by Gasteiger charge is 2.23. The third-order valence-corrected chi connectivity index (χ3v) is 4.93. The number of hydrogen-bond acceptors (Lipinski definition) is 7. The van der Waals surface area contributed by atoms with Crippen LogP contribution in [0.4, 0.5) is 20.2 Å². The molecule has 2 aromatic rings. The molecule has 9 nitrogen and oxygen atoms in total. The summed E-state index contributed by atoms with van der Waals surface area (Å²) >= 11 is 0. The van der Waals surface area contributed by atoms with E-state index < -0.39 is 23.4 Å². The van der Waals surface area contributed by atoms with Crippen LogP contribution in [-0.4, -0.2) is 36.5 Å². The van der Waals surface area contributed by atoms with Crippen molar-refractivity contribution in [1.29, 1.82) is 0 Å².